The molecule has 0 N–H and O–H groups in total. The van der Waals surface area contributed by atoms with E-state index in [-0.39, 0.29) is 17.6 Å². The van der Waals surface area contributed by atoms with Crippen LogP contribution >= 0.6 is 11.8 Å². The summed E-state index contributed by atoms with van der Waals surface area (Å²) >= 11 is 1.29. The summed E-state index contributed by atoms with van der Waals surface area (Å²) in [5.41, 5.74) is 0. The molecule has 1 saturated heterocycles. The van der Waals surface area contributed by atoms with Crippen molar-refractivity contribution in [3.8, 4) is 11.6 Å². The molecule has 2 amide bonds. The van der Waals surface area contributed by atoms with Crippen LogP contribution in [-0.4, -0.2) is 43.8 Å². The van der Waals surface area contributed by atoms with Crippen LogP contribution in [0.2, 0.25) is 0 Å². The molecule has 0 aliphatic carbocycles. The minimum absolute atomic E-state index is 0.0844. The summed E-state index contributed by atoms with van der Waals surface area (Å²) in [6.07, 6.45) is 2.80. The fourth-order valence-electron chi connectivity index (χ4n) is 2.38. The second-order valence-electron chi connectivity index (χ2n) is 4.86. The van der Waals surface area contributed by atoms with Gasteiger partial charge in [0.2, 0.25) is 11.8 Å². The van der Waals surface area contributed by atoms with Gasteiger partial charge >= 0.3 is 0 Å². The number of aromatic nitrogens is 3. The van der Waals surface area contributed by atoms with Crippen LogP contribution < -0.4 is 0 Å². The van der Waals surface area contributed by atoms with Crippen LogP contribution in [-0.2, 0) is 16.1 Å². The molecule has 7 nitrogen and oxygen atoms in total. The summed E-state index contributed by atoms with van der Waals surface area (Å²) in [4.78, 5) is 25.0. The molecular weight excluding hydrogens is 304 g/mol. The highest BCUT2D eigenvalue weighted by Crippen LogP contribution is 2.24. The SMILES string of the molecule is CCn1c(SCC(=O)N2CCCC2=O)nnc1-c1ccco1. The van der Waals surface area contributed by atoms with E-state index in [2.05, 4.69) is 10.2 Å². The average molecular weight is 320 g/mol. The monoisotopic (exact) mass is 320 g/mol. The molecule has 3 rings (SSSR count). The van der Waals surface area contributed by atoms with Gasteiger partial charge in [-0.05, 0) is 25.5 Å². The number of likely N-dealkylation sites (tertiary alicyclic amines) is 1. The van der Waals surface area contributed by atoms with Gasteiger partial charge < -0.3 is 4.42 Å². The van der Waals surface area contributed by atoms with Crippen LogP contribution in [0, 0.1) is 0 Å². The van der Waals surface area contributed by atoms with E-state index in [4.69, 9.17) is 4.42 Å². The van der Waals surface area contributed by atoms with Crippen molar-refractivity contribution in [2.24, 2.45) is 0 Å². The third-order valence-electron chi connectivity index (χ3n) is 3.47. The Hall–Kier alpha value is -2.09. The molecule has 2 aromatic heterocycles. The van der Waals surface area contributed by atoms with Gasteiger partial charge in [0.1, 0.15) is 0 Å². The maximum absolute atomic E-state index is 12.1. The van der Waals surface area contributed by atoms with Crippen molar-refractivity contribution in [3.63, 3.8) is 0 Å². The zero-order valence-electron chi connectivity index (χ0n) is 12.2. The molecule has 3 heterocycles. The first-order chi connectivity index (χ1) is 10.7. The number of amides is 2. The number of hydrogen-bond acceptors (Lipinski definition) is 6. The molecule has 22 heavy (non-hydrogen) atoms. The smallest absolute Gasteiger partial charge is 0.239 e. The quantitative estimate of drug-likeness (QED) is 0.781. The first kappa shape index (κ1) is 14.8. The van der Waals surface area contributed by atoms with Crippen LogP contribution in [0.15, 0.2) is 28.0 Å². The Morgan fingerprint density at radius 1 is 1.45 bits per heavy atom. The van der Waals surface area contributed by atoms with Gasteiger partial charge in [0.15, 0.2) is 16.7 Å². The Balaban J connectivity index is 1.70. The summed E-state index contributed by atoms with van der Waals surface area (Å²) < 4.78 is 7.24. The molecule has 0 bridgehead atoms. The summed E-state index contributed by atoms with van der Waals surface area (Å²) in [5, 5.41) is 8.89. The second kappa shape index (κ2) is 6.35. The van der Waals surface area contributed by atoms with Gasteiger partial charge in [0.05, 0.1) is 12.0 Å². The Kier molecular flexibility index (Phi) is 4.28. The van der Waals surface area contributed by atoms with Gasteiger partial charge in [-0.25, -0.2) is 0 Å². The summed E-state index contributed by atoms with van der Waals surface area (Å²) in [6.45, 7) is 3.17. The molecule has 116 valence electrons. The zero-order chi connectivity index (χ0) is 15.5. The van der Waals surface area contributed by atoms with Crippen molar-refractivity contribution < 1.29 is 14.0 Å². The second-order valence-corrected chi connectivity index (χ2v) is 5.80. The molecule has 0 atom stereocenters. The van der Waals surface area contributed by atoms with Crippen LogP contribution in [0.3, 0.4) is 0 Å². The van der Waals surface area contributed by atoms with Crippen LogP contribution in [0.4, 0.5) is 0 Å². The maximum atomic E-state index is 12.1. The van der Waals surface area contributed by atoms with E-state index in [1.165, 1.54) is 16.7 Å². The molecule has 1 aliphatic rings. The lowest BCUT2D eigenvalue weighted by atomic mass is 10.4. The molecule has 1 fully saturated rings. The number of rotatable bonds is 5. The number of carbonyl (C=O) groups is 2. The maximum Gasteiger partial charge on any atom is 0.239 e. The number of carbonyl (C=O) groups excluding carboxylic acids is 2. The number of furan rings is 1. The Labute approximate surface area is 131 Å². The molecule has 0 unspecified atom stereocenters. The van der Waals surface area contributed by atoms with E-state index < -0.39 is 0 Å². The Morgan fingerprint density at radius 2 is 2.32 bits per heavy atom. The highest BCUT2D eigenvalue weighted by molar-refractivity contribution is 7.99. The lowest BCUT2D eigenvalue weighted by Gasteiger charge is -2.12. The van der Waals surface area contributed by atoms with E-state index in [1.54, 1.807) is 12.3 Å². The molecule has 0 aromatic carbocycles. The molecule has 1 aliphatic heterocycles. The van der Waals surface area contributed by atoms with Crippen molar-refractivity contribution in [1.29, 1.82) is 0 Å². The summed E-state index contributed by atoms with van der Waals surface area (Å²) in [6, 6.07) is 3.61. The van der Waals surface area contributed by atoms with Gasteiger partial charge in [-0.15, -0.1) is 10.2 Å². The van der Waals surface area contributed by atoms with E-state index in [0.717, 1.165) is 6.42 Å². The number of thioether (sulfide) groups is 1. The van der Waals surface area contributed by atoms with Crippen molar-refractivity contribution in [2.45, 2.75) is 31.5 Å². The minimum Gasteiger partial charge on any atom is -0.461 e. The largest absolute Gasteiger partial charge is 0.461 e. The van der Waals surface area contributed by atoms with E-state index in [9.17, 15) is 9.59 Å². The Bertz CT molecular complexity index is 680. The van der Waals surface area contributed by atoms with Crippen LogP contribution in [0.1, 0.15) is 19.8 Å². The topological polar surface area (TPSA) is 81.2 Å². The lowest BCUT2D eigenvalue weighted by Crippen LogP contribution is -2.33. The van der Waals surface area contributed by atoms with Crippen LogP contribution in [0.25, 0.3) is 11.6 Å². The van der Waals surface area contributed by atoms with E-state index >= 15 is 0 Å². The minimum atomic E-state index is -0.169. The highest BCUT2D eigenvalue weighted by atomic mass is 32.2. The third kappa shape index (κ3) is 2.78. The van der Waals surface area contributed by atoms with Gasteiger partial charge in [-0.2, -0.15) is 0 Å². The summed E-state index contributed by atoms with van der Waals surface area (Å²) in [5.74, 6) is 1.21. The molecule has 0 radical (unpaired) electrons. The molecule has 0 saturated carbocycles. The van der Waals surface area contributed by atoms with Gasteiger partial charge in [-0.1, -0.05) is 11.8 Å². The summed E-state index contributed by atoms with van der Waals surface area (Å²) in [7, 11) is 0. The van der Waals surface area contributed by atoms with Crippen molar-refractivity contribution in [3.05, 3.63) is 18.4 Å². The van der Waals surface area contributed by atoms with E-state index in [0.29, 0.717) is 36.3 Å². The predicted octanol–water partition coefficient (Wildman–Crippen LogP) is 1.80. The van der Waals surface area contributed by atoms with Gasteiger partial charge in [-0.3, -0.25) is 19.1 Å². The van der Waals surface area contributed by atoms with Gasteiger partial charge in [0, 0.05) is 19.5 Å². The number of hydrogen-bond donors (Lipinski definition) is 0. The van der Waals surface area contributed by atoms with Gasteiger partial charge in [0.25, 0.3) is 0 Å². The Morgan fingerprint density at radius 3 is 2.95 bits per heavy atom. The molecule has 2 aromatic rings. The average Bonchev–Trinajstić information content (AvgIpc) is 3.24. The van der Waals surface area contributed by atoms with Crippen molar-refractivity contribution >= 4 is 23.6 Å². The first-order valence-electron chi connectivity index (χ1n) is 7.13. The number of imide groups is 1. The molecular formula is C14H16N4O3S. The van der Waals surface area contributed by atoms with Crippen molar-refractivity contribution in [2.75, 3.05) is 12.3 Å². The van der Waals surface area contributed by atoms with Crippen LogP contribution in [0.5, 0.6) is 0 Å². The fraction of sp³-hybridized carbons (Fsp3) is 0.429. The molecule has 0 spiro atoms. The molecule has 8 heteroatoms. The standard InChI is InChI=1S/C14H16N4O3S/c1-2-17-13(10-5-4-8-21-10)15-16-14(17)22-9-12(20)18-7-3-6-11(18)19/h4-5,8H,2-3,6-7,9H2,1H3. The number of nitrogens with zero attached hydrogens (tertiary/aromatic N) is 4. The highest BCUT2D eigenvalue weighted by Gasteiger charge is 2.26. The van der Waals surface area contributed by atoms with Crippen molar-refractivity contribution in [1.82, 2.24) is 19.7 Å². The predicted molar refractivity (Wildman–Crippen MR) is 80.1 cm³/mol. The lowest BCUT2D eigenvalue weighted by molar-refractivity contribution is -0.140. The normalized spacial score (nSPS) is 14.8. The third-order valence-corrected chi connectivity index (χ3v) is 4.43. The zero-order valence-corrected chi connectivity index (χ0v) is 13.0. The first-order valence-corrected chi connectivity index (χ1v) is 8.12. The fourth-order valence-corrected chi connectivity index (χ4v) is 3.26. The van der Waals surface area contributed by atoms with E-state index in [1.807, 2.05) is 17.6 Å².